The molecule has 0 aromatic rings. The molecule has 3 rings (SSSR count). The highest BCUT2D eigenvalue weighted by molar-refractivity contribution is 7.86. The Hall–Kier alpha value is -0.950. The maximum atomic E-state index is 12.5. The summed E-state index contributed by atoms with van der Waals surface area (Å²) in [7, 11) is -3.87. The van der Waals surface area contributed by atoms with Gasteiger partial charge in [0.1, 0.15) is 18.5 Å². The largest absolute Gasteiger partial charge is 0.459 e. The Morgan fingerprint density at radius 2 is 1.88 bits per heavy atom. The number of cyclic esters (lactones) is 1. The van der Waals surface area contributed by atoms with Gasteiger partial charge < -0.3 is 4.74 Å². The molecule has 7 heteroatoms. The first-order valence-electron chi connectivity index (χ1n) is 8.51. The molecule has 0 N–H and O–H groups in total. The van der Waals surface area contributed by atoms with Gasteiger partial charge >= 0.3 is 5.97 Å². The number of ether oxygens (including phenoxy) is 1. The number of esters is 1. The highest BCUT2D eigenvalue weighted by Gasteiger charge is 2.65. The normalized spacial score (nSPS) is 37.0. The van der Waals surface area contributed by atoms with Gasteiger partial charge in [-0.2, -0.15) is 8.42 Å². The number of fused-ring (bicyclic) bond motifs is 2. The van der Waals surface area contributed by atoms with Gasteiger partial charge in [-0.25, -0.2) is 0 Å². The van der Waals surface area contributed by atoms with Gasteiger partial charge in [0, 0.05) is 12.8 Å². The smallest absolute Gasteiger partial charge is 0.312 e. The quantitative estimate of drug-likeness (QED) is 0.552. The lowest BCUT2D eigenvalue weighted by atomic mass is 9.70. The summed E-state index contributed by atoms with van der Waals surface area (Å²) in [4.78, 5) is 24.1. The summed E-state index contributed by atoms with van der Waals surface area (Å²) in [6.07, 6.45) is 1.85. The average Bonchev–Trinajstić information content (AvgIpc) is 2.91. The van der Waals surface area contributed by atoms with Gasteiger partial charge in [-0.3, -0.25) is 13.8 Å². The molecule has 136 valence electrons. The van der Waals surface area contributed by atoms with Gasteiger partial charge in [-0.15, -0.1) is 0 Å². The molecular weight excluding hydrogens is 332 g/mol. The van der Waals surface area contributed by atoms with Crippen LogP contribution in [0, 0.1) is 22.2 Å². The van der Waals surface area contributed by atoms with Crippen LogP contribution in [0.25, 0.3) is 0 Å². The zero-order chi connectivity index (χ0) is 18.0. The highest BCUT2D eigenvalue weighted by Crippen LogP contribution is 2.64. The van der Waals surface area contributed by atoms with E-state index in [1.54, 1.807) is 13.8 Å². The number of Topliss-reactive ketones (excluding diaryl/α,β-unsaturated/α-hetero) is 1. The van der Waals surface area contributed by atoms with Crippen LogP contribution in [-0.2, 0) is 28.6 Å². The summed E-state index contributed by atoms with van der Waals surface area (Å²) >= 11 is 0. The average molecular weight is 358 g/mol. The molecule has 2 bridgehead atoms. The van der Waals surface area contributed by atoms with E-state index < -0.39 is 27.1 Å². The highest BCUT2D eigenvalue weighted by atomic mass is 32.2. The third-order valence-electron chi connectivity index (χ3n) is 6.56. The first-order chi connectivity index (χ1) is 10.9. The molecule has 3 atom stereocenters. The number of carbonyl (C=O) groups is 2. The van der Waals surface area contributed by atoms with Crippen molar-refractivity contribution in [2.24, 2.45) is 22.2 Å². The van der Waals surface area contributed by atoms with Crippen molar-refractivity contribution in [3.8, 4) is 0 Å². The van der Waals surface area contributed by atoms with Crippen LogP contribution in [0.2, 0.25) is 0 Å². The van der Waals surface area contributed by atoms with Crippen molar-refractivity contribution in [2.75, 3.05) is 12.4 Å². The van der Waals surface area contributed by atoms with Crippen LogP contribution in [0.4, 0.5) is 0 Å². The molecule has 6 nitrogen and oxygen atoms in total. The third-order valence-corrected chi connectivity index (χ3v) is 7.90. The summed E-state index contributed by atoms with van der Waals surface area (Å²) in [5.41, 5.74) is -1.76. The predicted octanol–water partition coefficient (Wildman–Crippen LogP) is 2.07. The monoisotopic (exact) mass is 358 g/mol. The Bertz CT molecular complexity index is 677. The molecule has 0 radical (unpaired) electrons. The lowest BCUT2D eigenvalue weighted by Gasteiger charge is -2.35. The Balaban J connectivity index is 1.67. The van der Waals surface area contributed by atoms with Crippen molar-refractivity contribution in [2.45, 2.75) is 59.5 Å². The summed E-state index contributed by atoms with van der Waals surface area (Å²) in [5.74, 6) is -0.300. The molecular formula is C17H26O6S. The molecule has 1 saturated heterocycles. The van der Waals surface area contributed by atoms with Crippen LogP contribution in [0.15, 0.2) is 0 Å². The number of hydrogen-bond donors (Lipinski definition) is 0. The predicted molar refractivity (Wildman–Crippen MR) is 86.6 cm³/mol. The fraction of sp³-hybridized carbons (Fsp3) is 0.882. The van der Waals surface area contributed by atoms with Gasteiger partial charge in [-0.05, 0) is 38.0 Å². The van der Waals surface area contributed by atoms with E-state index in [0.29, 0.717) is 19.3 Å². The van der Waals surface area contributed by atoms with E-state index in [2.05, 4.69) is 0 Å². The molecule has 1 aliphatic heterocycles. The zero-order valence-corrected chi connectivity index (χ0v) is 15.6. The molecule has 3 fully saturated rings. The summed E-state index contributed by atoms with van der Waals surface area (Å²) in [6, 6.07) is 0. The Kier molecular flexibility index (Phi) is 3.92. The lowest BCUT2D eigenvalue weighted by Crippen LogP contribution is -2.42. The molecule has 0 aromatic heterocycles. The minimum absolute atomic E-state index is 0.0457. The van der Waals surface area contributed by atoms with E-state index in [4.69, 9.17) is 8.92 Å². The van der Waals surface area contributed by atoms with E-state index in [-0.39, 0.29) is 35.4 Å². The van der Waals surface area contributed by atoms with Gasteiger partial charge in [0.25, 0.3) is 10.1 Å². The number of carbonyl (C=O) groups excluding carboxylic acids is 2. The van der Waals surface area contributed by atoms with Crippen molar-refractivity contribution in [3.05, 3.63) is 0 Å². The fourth-order valence-corrected chi connectivity index (χ4v) is 6.45. The van der Waals surface area contributed by atoms with Crippen LogP contribution in [0.1, 0.15) is 53.4 Å². The van der Waals surface area contributed by atoms with Crippen LogP contribution in [-0.4, -0.2) is 38.6 Å². The fourth-order valence-electron chi connectivity index (χ4n) is 4.73. The molecule has 24 heavy (non-hydrogen) atoms. The second-order valence-corrected chi connectivity index (χ2v) is 10.4. The standard InChI is InChI=1S/C17H26O6S/c1-15(2)8-12(23-14(15)19)9-22-24(20,21)10-17-6-5-11(7-13(17)18)16(17,3)4/h11-12H,5-10H2,1-4H3/t11-,12?,17-/m1/s1. The van der Waals surface area contributed by atoms with Crippen molar-refractivity contribution < 1.29 is 26.9 Å². The van der Waals surface area contributed by atoms with Gasteiger partial charge in [0.05, 0.1) is 16.6 Å². The van der Waals surface area contributed by atoms with E-state index in [0.717, 1.165) is 6.42 Å². The van der Waals surface area contributed by atoms with Crippen molar-refractivity contribution in [1.29, 1.82) is 0 Å². The second kappa shape index (κ2) is 5.27. The lowest BCUT2D eigenvalue weighted by molar-refractivity contribution is -0.148. The Morgan fingerprint density at radius 3 is 2.33 bits per heavy atom. The molecule has 3 aliphatic rings. The number of rotatable bonds is 5. The van der Waals surface area contributed by atoms with E-state index in [9.17, 15) is 18.0 Å². The van der Waals surface area contributed by atoms with Crippen molar-refractivity contribution in [1.82, 2.24) is 0 Å². The number of ketones is 1. The topological polar surface area (TPSA) is 86.7 Å². The van der Waals surface area contributed by atoms with Crippen LogP contribution in [0.3, 0.4) is 0 Å². The first-order valence-corrected chi connectivity index (χ1v) is 10.1. The second-order valence-electron chi connectivity index (χ2n) is 8.77. The maximum Gasteiger partial charge on any atom is 0.312 e. The molecule has 0 amide bonds. The maximum absolute atomic E-state index is 12.5. The SMILES string of the molecule is CC1(C)CC(COS(=O)(=O)C[C@]23CC[C@H](CC2=O)C3(C)C)OC1=O. The van der Waals surface area contributed by atoms with Crippen LogP contribution < -0.4 is 0 Å². The molecule has 2 aliphatic carbocycles. The Morgan fingerprint density at radius 1 is 1.21 bits per heavy atom. The summed E-state index contributed by atoms with van der Waals surface area (Å²) in [5, 5.41) is 0. The van der Waals surface area contributed by atoms with E-state index in [1.165, 1.54) is 0 Å². The van der Waals surface area contributed by atoms with Gasteiger partial charge in [0.2, 0.25) is 0 Å². The number of hydrogen-bond acceptors (Lipinski definition) is 6. The summed E-state index contributed by atoms with van der Waals surface area (Å²) in [6.45, 7) is 7.34. The minimum atomic E-state index is -3.87. The first kappa shape index (κ1) is 17.9. The summed E-state index contributed by atoms with van der Waals surface area (Å²) < 4.78 is 35.3. The van der Waals surface area contributed by atoms with Crippen LogP contribution >= 0.6 is 0 Å². The Labute approximate surface area is 143 Å². The van der Waals surface area contributed by atoms with Crippen molar-refractivity contribution in [3.63, 3.8) is 0 Å². The third kappa shape index (κ3) is 2.60. The van der Waals surface area contributed by atoms with Gasteiger partial charge in [0.15, 0.2) is 0 Å². The molecule has 1 unspecified atom stereocenters. The zero-order valence-electron chi connectivity index (χ0n) is 14.8. The molecule has 1 heterocycles. The van der Waals surface area contributed by atoms with E-state index >= 15 is 0 Å². The van der Waals surface area contributed by atoms with Crippen molar-refractivity contribution >= 4 is 21.9 Å². The molecule has 0 aromatic carbocycles. The molecule has 0 spiro atoms. The van der Waals surface area contributed by atoms with E-state index in [1.807, 2.05) is 13.8 Å². The minimum Gasteiger partial charge on any atom is -0.459 e. The molecule has 2 saturated carbocycles. The van der Waals surface area contributed by atoms with Gasteiger partial charge in [-0.1, -0.05) is 13.8 Å². The van der Waals surface area contributed by atoms with Crippen LogP contribution in [0.5, 0.6) is 0 Å².